The number of nitrogens with one attached hydrogen (secondary N) is 1. The molecule has 0 saturated carbocycles. The molecule has 0 fully saturated rings. The second kappa shape index (κ2) is 6.57. The molecular formula is C16H16Cl2FN. The number of benzene rings is 2. The minimum Gasteiger partial charge on any atom is -0.313 e. The van der Waals surface area contributed by atoms with Crippen molar-refractivity contribution in [2.75, 3.05) is 7.05 Å². The molecule has 0 aliphatic carbocycles. The zero-order chi connectivity index (χ0) is 14.7. The third-order valence-electron chi connectivity index (χ3n) is 3.40. The molecule has 20 heavy (non-hydrogen) atoms. The number of halogens is 3. The fourth-order valence-corrected chi connectivity index (χ4v) is 2.65. The van der Waals surface area contributed by atoms with Gasteiger partial charge < -0.3 is 5.32 Å². The largest absolute Gasteiger partial charge is 0.313 e. The van der Waals surface area contributed by atoms with E-state index >= 15 is 0 Å². The summed E-state index contributed by atoms with van der Waals surface area (Å²) >= 11 is 12.0. The summed E-state index contributed by atoms with van der Waals surface area (Å²) in [5.74, 6) is -0.241. The molecule has 0 spiro atoms. The van der Waals surface area contributed by atoms with Crippen LogP contribution in [-0.4, -0.2) is 7.05 Å². The zero-order valence-corrected chi connectivity index (χ0v) is 12.9. The molecule has 2 aromatic carbocycles. The van der Waals surface area contributed by atoms with Gasteiger partial charge in [0.05, 0.1) is 0 Å². The van der Waals surface area contributed by atoms with Gasteiger partial charge in [0, 0.05) is 16.1 Å². The van der Waals surface area contributed by atoms with Gasteiger partial charge >= 0.3 is 0 Å². The van der Waals surface area contributed by atoms with Gasteiger partial charge in [0.2, 0.25) is 0 Å². The van der Waals surface area contributed by atoms with Crippen LogP contribution < -0.4 is 5.32 Å². The number of hydrogen-bond acceptors (Lipinski definition) is 1. The molecule has 2 rings (SSSR count). The van der Waals surface area contributed by atoms with Crippen molar-refractivity contribution in [3.63, 3.8) is 0 Å². The Morgan fingerprint density at radius 3 is 2.45 bits per heavy atom. The highest BCUT2D eigenvalue weighted by Gasteiger charge is 2.15. The van der Waals surface area contributed by atoms with E-state index < -0.39 is 0 Å². The summed E-state index contributed by atoms with van der Waals surface area (Å²) in [7, 11) is 1.85. The van der Waals surface area contributed by atoms with Crippen molar-refractivity contribution in [3.05, 3.63) is 69.0 Å². The minimum atomic E-state index is -0.241. The standard InChI is InChI=1S/C16H16Cl2FN/c1-10-3-4-13(18)9-14(10)16(20-2)8-11-7-12(17)5-6-15(11)19/h3-7,9,16,20H,8H2,1-2H3. The fourth-order valence-electron chi connectivity index (χ4n) is 2.27. The van der Waals surface area contributed by atoms with E-state index in [0.29, 0.717) is 22.0 Å². The van der Waals surface area contributed by atoms with Crippen LogP contribution in [0.1, 0.15) is 22.7 Å². The molecular weight excluding hydrogens is 296 g/mol. The molecule has 1 N–H and O–H groups in total. The molecule has 0 aromatic heterocycles. The van der Waals surface area contributed by atoms with Crippen molar-refractivity contribution in [2.24, 2.45) is 0 Å². The molecule has 0 aliphatic heterocycles. The van der Waals surface area contributed by atoms with Crippen LogP contribution in [0.25, 0.3) is 0 Å². The van der Waals surface area contributed by atoms with Crippen LogP contribution in [0.2, 0.25) is 10.0 Å². The Kier molecular flexibility index (Phi) is 5.03. The smallest absolute Gasteiger partial charge is 0.126 e. The number of aryl methyl sites for hydroxylation is 1. The van der Waals surface area contributed by atoms with Crippen molar-refractivity contribution in [3.8, 4) is 0 Å². The van der Waals surface area contributed by atoms with E-state index in [9.17, 15) is 4.39 Å². The summed E-state index contributed by atoms with van der Waals surface area (Å²) in [6, 6.07) is 10.3. The Hall–Kier alpha value is -1.09. The molecule has 0 saturated heterocycles. The SMILES string of the molecule is CNC(Cc1cc(Cl)ccc1F)c1cc(Cl)ccc1C. The molecule has 0 heterocycles. The monoisotopic (exact) mass is 311 g/mol. The molecule has 1 unspecified atom stereocenters. The molecule has 1 nitrogen and oxygen atoms in total. The maximum absolute atomic E-state index is 13.8. The topological polar surface area (TPSA) is 12.0 Å². The van der Waals surface area contributed by atoms with Gasteiger partial charge in [-0.05, 0) is 67.4 Å². The third kappa shape index (κ3) is 3.51. The first-order valence-electron chi connectivity index (χ1n) is 6.38. The lowest BCUT2D eigenvalue weighted by Gasteiger charge is -2.20. The molecule has 0 amide bonds. The highest BCUT2D eigenvalue weighted by Crippen LogP contribution is 2.26. The van der Waals surface area contributed by atoms with Crippen LogP contribution >= 0.6 is 23.2 Å². The van der Waals surface area contributed by atoms with Crippen molar-refractivity contribution in [2.45, 2.75) is 19.4 Å². The number of likely N-dealkylation sites (N-methyl/N-ethyl adjacent to an activating group) is 1. The Bertz CT molecular complexity index is 613. The van der Waals surface area contributed by atoms with Gasteiger partial charge in [-0.15, -0.1) is 0 Å². The normalized spacial score (nSPS) is 12.4. The average Bonchev–Trinajstić information content (AvgIpc) is 2.42. The van der Waals surface area contributed by atoms with Crippen molar-refractivity contribution < 1.29 is 4.39 Å². The van der Waals surface area contributed by atoms with Gasteiger partial charge in [-0.3, -0.25) is 0 Å². The van der Waals surface area contributed by atoms with Crippen LogP contribution in [-0.2, 0) is 6.42 Å². The minimum absolute atomic E-state index is 0.0123. The zero-order valence-electron chi connectivity index (χ0n) is 11.4. The maximum atomic E-state index is 13.8. The van der Waals surface area contributed by atoms with Crippen molar-refractivity contribution in [1.29, 1.82) is 0 Å². The lowest BCUT2D eigenvalue weighted by molar-refractivity contribution is 0.553. The summed E-state index contributed by atoms with van der Waals surface area (Å²) < 4.78 is 13.8. The van der Waals surface area contributed by atoms with Gasteiger partial charge in [-0.2, -0.15) is 0 Å². The third-order valence-corrected chi connectivity index (χ3v) is 3.87. The highest BCUT2D eigenvalue weighted by molar-refractivity contribution is 6.30. The van der Waals surface area contributed by atoms with E-state index in [1.54, 1.807) is 12.1 Å². The van der Waals surface area contributed by atoms with E-state index in [2.05, 4.69) is 5.32 Å². The van der Waals surface area contributed by atoms with Crippen LogP contribution in [0.5, 0.6) is 0 Å². The first-order chi connectivity index (χ1) is 9.51. The summed E-state index contributed by atoms with van der Waals surface area (Å²) in [4.78, 5) is 0. The van der Waals surface area contributed by atoms with Gasteiger partial charge in [0.15, 0.2) is 0 Å². The van der Waals surface area contributed by atoms with E-state index in [0.717, 1.165) is 11.1 Å². The molecule has 0 bridgehead atoms. The quantitative estimate of drug-likeness (QED) is 0.843. The molecule has 0 radical (unpaired) electrons. The first-order valence-corrected chi connectivity index (χ1v) is 7.14. The highest BCUT2D eigenvalue weighted by atomic mass is 35.5. The predicted octanol–water partition coefficient (Wildman–Crippen LogP) is 4.94. The average molecular weight is 312 g/mol. The lowest BCUT2D eigenvalue weighted by atomic mass is 9.95. The molecule has 4 heteroatoms. The number of rotatable bonds is 4. The molecule has 0 aliphatic rings. The van der Waals surface area contributed by atoms with Crippen molar-refractivity contribution in [1.82, 2.24) is 5.32 Å². The fraction of sp³-hybridized carbons (Fsp3) is 0.250. The van der Waals surface area contributed by atoms with Crippen LogP contribution in [0, 0.1) is 12.7 Å². The van der Waals surface area contributed by atoms with Crippen LogP contribution in [0.4, 0.5) is 4.39 Å². The molecule has 106 valence electrons. The van der Waals surface area contributed by atoms with E-state index in [1.165, 1.54) is 6.07 Å². The van der Waals surface area contributed by atoms with Gasteiger partial charge in [0.1, 0.15) is 5.82 Å². The first kappa shape index (κ1) is 15.3. The Morgan fingerprint density at radius 1 is 1.10 bits per heavy atom. The lowest BCUT2D eigenvalue weighted by Crippen LogP contribution is -2.20. The van der Waals surface area contributed by atoms with Gasteiger partial charge in [-0.25, -0.2) is 4.39 Å². The van der Waals surface area contributed by atoms with E-state index in [1.807, 2.05) is 32.2 Å². The second-order valence-electron chi connectivity index (χ2n) is 4.78. The Balaban J connectivity index is 2.33. The van der Waals surface area contributed by atoms with E-state index in [-0.39, 0.29) is 11.9 Å². The summed E-state index contributed by atoms with van der Waals surface area (Å²) in [6.07, 6.45) is 0.518. The van der Waals surface area contributed by atoms with E-state index in [4.69, 9.17) is 23.2 Å². The van der Waals surface area contributed by atoms with Gasteiger partial charge in [-0.1, -0.05) is 29.3 Å². The number of hydrogen-bond donors (Lipinski definition) is 1. The van der Waals surface area contributed by atoms with Crippen LogP contribution in [0.15, 0.2) is 36.4 Å². The summed E-state index contributed by atoms with van der Waals surface area (Å²) in [5, 5.41) is 4.43. The Morgan fingerprint density at radius 2 is 1.75 bits per heavy atom. The maximum Gasteiger partial charge on any atom is 0.126 e. The Labute approximate surface area is 128 Å². The molecule has 1 atom stereocenters. The van der Waals surface area contributed by atoms with Crippen LogP contribution in [0.3, 0.4) is 0 Å². The predicted molar refractivity (Wildman–Crippen MR) is 83.1 cm³/mol. The van der Waals surface area contributed by atoms with Gasteiger partial charge in [0.25, 0.3) is 0 Å². The second-order valence-corrected chi connectivity index (χ2v) is 5.65. The molecule has 2 aromatic rings. The summed E-state index contributed by atoms with van der Waals surface area (Å²) in [5.41, 5.74) is 2.78. The van der Waals surface area contributed by atoms with Crippen molar-refractivity contribution >= 4 is 23.2 Å². The summed E-state index contributed by atoms with van der Waals surface area (Å²) in [6.45, 7) is 2.02.